The van der Waals surface area contributed by atoms with Gasteiger partial charge in [0.2, 0.25) is 0 Å². The van der Waals surface area contributed by atoms with Crippen molar-refractivity contribution < 1.29 is 14.3 Å². The van der Waals surface area contributed by atoms with Gasteiger partial charge in [-0.05, 0) is 37.3 Å². The molecular weight excluding hydrogens is 518 g/mol. The summed E-state index contributed by atoms with van der Waals surface area (Å²) >= 11 is 10.6. The molecule has 0 aliphatic carbocycles. The molecule has 0 aliphatic heterocycles. The van der Waals surface area contributed by atoms with Crippen LogP contribution in [-0.4, -0.2) is 28.3 Å². The van der Waals surface area contributed by atoms with Gasteiger partial charge in [-0.2, -0.15) is 9.78 Å². The van der Waals surface area contributed by atoms with Crippen LogP contribution in [0.3, 0.4) is 0 Å². The number of amides is 1. The van der Waals surface area contributed by atoms with Crippen molar-refractivity contribution in [1.82, 2.24) is 9.78 Å². The maximum atomic E-state index is 13.4. The largest absolute Gasteiger partial charge is 0.461 e. The van der Waals surface area contributed by atoms with Gasteiger partial charge in [-0.1, -0.05) is 45.7 Å². The lowest BCUT2D eigenvalue weighted by molar-refractivity contribution is 0.0520. The van der Waals surface area contributed by atoms with E-state index in [4.69, 9.17) is 16.3 Å². The lowest BCUT2D eigenvalue weighted by Gasteiger charge is -2.10. The van der Waals surface area contributed by atoms with Gasteiger partial charge in [-0.25, -0.2) is 4.79 Å². The summed E-state index contributed by atoms with van der Waals surface area (Å²) in [6.45, 7) is 1.84. The molecule has 0 unspecified atom stereocenters. The first kappa shape index (κ1) is 22.2. The van der Waals surface area contributed by atoms with E-state index in [0.717, 1.165) is 16.0 Å². The second kappa shape index (κ2) is 9.23. The Hall–Kier alpha value is -3.01. The molecule has 2 heterocycles. The summed E-state index contributed by atoms with van der Waals surface area (Å²) in [4.78, 5) is 38.8. The number of esters is 1. The molecule has 0 bridgehead atoms. The molecule has 7 nitrogen and oxygen atoms in total. The average molecular weight is 533 g/mol. The molecule has 10 heteroatoms. The molecule has 0 aliphatic rings. The zero-order valence-corrected chi connectivity index (χ0v) is 19.8. The third kappa shape index (κ3) is 4.19. The number of nitrogens with zero attached hydrogens (tertiary/aromatic N) is 2. The van der Waals surface area contributed by atoms with Gasteiger partial charge < -0.3 is 10.1 Å². The van der Waals surface area contributed by atoms with E-state index >= 15 is 0 Å². The van der Waals surface area contributed by atoms with E-state index in [9.17, 15) is 14.4 Å². The average Bonchev–Trinajstić information content (AvgIpc) is 3.20. The predicted molar refractivity (Wildman–Crippen MR) is 128 cm³/mol. The molecule has 0 radical (unpaired) electrons. The van der Waals surface area contributed by atoms with E-state index in [1.165, 1.54) is 0 Å². The van der Waals surface area contributed by atoms with Crippen molar-refractivity contribution >= 4 is 66.5 Å². The highest BCUT2D eigenvalue weighted by atomic mass is 79.9. The van der Waals surface area contributed by atoms with Gasteiger partial charge in [0.15, 0.2) is 5.69 Å². The van der Waals surface area contributed by atoms with Crippen LogP contribution < -0.4 is 10.9 Å². The highest BCUT2D eigenvalue weighted by Crippen LogP contribution is 2.32. The van der Waals surface area contributed by atoms with Crippen LogP contribution in [0, 0.1) is 0 Å². The number of carbonyl (C=O) groups excluding carboxylic acids is 2. The summed E-state index contributed by atoms with van der Waals surface area (Å²) in [5.41, 5.74) is 0.229. The van der Waals surface area contributed by atoms with E-state index in [-0.39, 0.29) is 33.3 Å². The highest BCUT2D eigenvalue weighted by Gasteiger charge is 2.23. The molecule has 0 fully saturated rings. The number of halogens is 2. The summed E-state index contributed by atoms with van der Waals surface area (Å²) in [6, 6.07) is 13.6. The normalized spacial score (nSPS) is 10.8. The van der Waals surface area contributed by atoms with E-state index in [0.29, 0.717) is 15.5 Å². The van der Waals surface area contributed by atoms with Crippen molar-refractivity contribution in [2.24, 2.45) is 0 Å². The van der Waals surface area contributed by atoms with Crippen molar-refractivity contribution in [2.75, 3.05) is 11.9 Å². The van der Waals surface area contributed by atoms with Crippen LogP contribution in [0.1, 0.15) is 27.8 Å². The van der Waals surface area contributed by atoms with E-state index in [2.05, 4.69) is 26.3 Å². The number of carbonyl (C=O) groups is 2. The fourth-order valence-corrected chi connectivity index (χ4v) is 4.57. The summed E-state index contributed by atoms with van der Waals surface area (Å²) < 4.78 is 6.94. The minimum absolute atomic E-state index is 0.0115. The molecule has 4 rings (SSSR count). The van der Waals surface area contributed by atoms with Gasteiger partial charge >= 0.3 is 5.97 Å². The van der Waals surface area contributed by atoms with Gasteiger partial charge in [0.05, 0.1) is 28.3 Å². The third-order valence-electron chi connectivity index (χ3n) is 4.52. The van der Waals surface area contributed by atoms with Gasteiger partial charge in [-0.15, -0.1) is 11.3 Å². The standard InChI is InChI=1S/C22H15BrClN3O4S/c1-2-31-22(30)18-15-11-32-20(25-19(28)14-10-12(23)8-9-16(14)24)17(15)21(29)27(26-18)13-6-4-3-5-7-13/h3-11H,2H2,1H3,(H,25,28). The van der Waals surface area contributed by atoms with E-state index in [1.807, 2.05) is 0 Å². The molecule has 1 N–H and O–H groups in total. The zero-order valence-electron chi connectivity index (χ0n) is 16.6. The first-order valence-corrected chi connectivity index (χ1v) is 11.5. The smallest absolute Gasteiger partial charge is 0.359 e. The molecule has 0 atom stereocenters. The molecule has 0 saturated heterocycles. The quantitative estimate of drug-likeness (QED) is 0.353. The van der Waals surface area contributed by atoms with Gasteiger partial charge in [0.25, 0.3) is 11.5 Å². The molecular formula is C22H15BrClN3O4S. The Morgan fingerprint density at radius 2 is 1.97 bits per heavy atom. The molecule has 2 aromatic carbocycles. The molecule has 1 amide bonds. The number of benzene rings is 2. The number of nitrogens with one attached hydrogen (secondary N) is 1. The van der Waals surface area contributed by atoms with Crippen LogP contribution in [0.15, 0.2) is 63.2 Å². The Balaban J connectivity index is 1.89. The van der Waals surface area contributed by atoms with Crippen LogP contribution in [0.25, 0.3) is 16.5 Å². The lowest BCUT2D eigenvalue weighted by atomic mass is 10.2. The molecule has 162 valence electrons. The summed E-state index contributed by atoms with van der Waals surface area (Å²) in [5, 5.41) is 9.63. The number of rotatable bonds is 5. The Bertz CT molecular complexity index is 1400. The van der Waals surface area contributed by atoms with Gasteiger partial charge in [0.1, 0.15) is 5.00 Å². The van der Waals surface area contributed by atoms with Crippen molar-refractivity contribution in [3.63, 3.8) is 0 Å². The third-order valence-corrected chi connectivity index (χ3v) is 6.24. The van der Waals surface area contributed by atoms with Gasteiger partial charge in [0, 0.05) is 15.2 Å². The molecule has 0 saturated carbocycles. The summed E-state index contributed by atoms with van der Waals surface area (Å²) in [5.74, 6) is -1.15. The molecule has 0 spiro atoms. The number of fused-ring (bicyclic) bond motifs is 1. The van der Waals surface area contributed by atoms with Gasteiger partial charge in [-0.3, -0.25) is 9.59 Å². The minimum atomic E-state index is -0.659. The number of anilines is 1. The number of ether oxygens (including phenoxy) is 1. The van der Waals surface area contributed by atoms with Crippen molar-refractivity contribution in [3.8, 4) is 5.69 Å². The first-order valence-electron chi connectivity index (χ1n) is 9.44. The Morgan fingerprint density at radius 3 is 2.69 bits per heavy atom. The Kier molecular flexibility index (Phi) is 6.40. The maximum absolute atomic E-state index is 13.4. The predicted octanol–water partition coefficient (Wildman–Crippen LogP) is 5.29. The molecule has 4 aromatic rings. The van der Waals surface area contributed by atoms with E-state index in [1.54, 1.807) is 60.8 Å². The van der Waals surface area contributed by atoms with Crippen molar-refractivity contribution in [3.05, 3.63) is 85.0 Å². The number of hydrogen-bond acceptors (Lipinski definition) is 6. The number of aromatic nitrogens is 2. The van der Waals surface area contributed by atoms with Crippen molar-refractivity contribution in [1.29, 1.82) is 0 Å². The van der Waals surface area contributed by atoms with Crippen molar-refractivity contribution in [2.45, 2.75) is 6.92 Å². The minimum Gasteiger partial charge on any atom is -0.461 e. The first-order chi connectivity index (χ1) is 15.4. The van der Waals surface area contributed by atoms with Crippen LogP contribution in [0.2, 0.25) is 5.02 Å². The van der Waals surface area contributed by atoms with E-state index < -0.39 is 17.4 Å². The summed E-state index contributed by atoms with van der Waals surface area (Å²) in [7, 11) is 0. The number of thiophene rings is 1. The second-order valence-corrected chi connectivity index (χ2v) is 8.76. The van der Waals surface area contributed by atoms with Crippen LogP contribution >= 0.6 is 38.9 Å². The Morgan fingerprint density at radius 1 is 1.22 bits per heavy atom. The topological polar surface area (TPSA) is 90.3 Å². The molecule has 32 heavy (non-hydrogen) atoms. The lowest BCUT2D eigenvalue weighted by Crippen LogP contribution is -2.25. The number of hydrogen-bond donors (Lipinski definition) is 1. The maximum Gasteiger partial charge on any atom is 0.359 e. The Labute approximate surface area is 199 Å². The summed E-state index contributed by atoms with van der Waals surface area (Å²) in [6.07, 6.45) is 0. The molecule has 2 aromatic heterocycles. The van der Waals surface area contributed by atoms with Crippen LogP contribution in [0.4, 0.5) is 5.00 Å². The fourth-order valence-electron chi connectivity index (χ4n) is 3.08. The SMILES string of the molecule is CCOC(=O)c1nn(-c2ccccc2)c(=O)c2c(NC(=O)c3cc(Br)ccc3Cl)scc12. The van der Waals surface area contributed by atoms with Crippen LogP contribution in [-0.2, 0) is 4.74 Å². The van der Waals surface area contributed by atoms with Crippen LogP contribution in [0.5, 0.6) is 0 Å². The number of para-hydroxylation sites is 1. The second-order valence-electron chi connectivity index (χ2n) is 6.55. The zero-order chi connectivity index (χ0) is 22.8. The monoisotopic (exact) mass is 531 g/mol. The highest BCUT2D eigenvalue weighted by molar-refractivity contribution is 9.10. The fraction of sp³-hybridized carbons (Fsp3) is 0.0909.